The normalized spacial score (nSPS) is 21.8. The molecule has 0 saturated carbocycles. The lowest BCUT2D eigenvalue weighted by molar-refractivity contribution is -0.0544. The SMILES string of the molecule is CC(C)(C)OC(=O)N1CCC(O)(CN2CCC(CCN3CCC(Nc4ncc(Cl)c(-c5c[nH]c6ccccc56)n4)C3)CC2)CC1. The highest BCUT2D eigenvalue weighted by Gasteiger charge is 2.37. The highest BCUT2D eigenvalue weighted by atomic mass is 35.5. The van der Waals surface area contributed by atoms with Gasteiger partial charge in [-0.2, -0.15) is 0 Å². The minimum Gasteiger partial charge on any atom is -0.444 e. The fourth-order valence-corrected chi connectivity index (χ4v) is 7.23. The molecule has 1 aromatic carbocycles. The molecular formula is C34H48ClN7O3. The van der Waals surface area contributed by atoms with Crippen molar-refractivity contribution in [3.63, 3.8) is 0 Å². The van der Waals surface area contributed by atoms with Gasteiger partial charge in [0.25, 0.3) is 0 Å². The quantitative estimate of drug-likeness (QED) is 0.292. The number of aliphatic hydroxyl groups is 1. The van der Waals surface area contributed by atoms with Crippen LogP contribution < -0.4 is 5.32 Å². The Balaban J connectivity index is 0.914. The summed E-state index contributed by atoms with van der Waals surface area (Å²) >= 11 is 6.53. The molecule has 3 fully saturated rings. The van der Waals surface area contributed by atoms with Gasteiger partial charge >= 0.3 is 6.09 Å². The van der Waals surface area contributed by atoms with E-state index < -0.39 is 11.2 Å². The second-order valence-corrected chi connectivity index (χ2v) is 14.7. The molecule has 3 aromatic rings. The van der Waals surface area contributed by atoms with Gasteiger partial charge in [-0.05, 0) is 90.9 Å². The van der Waals surface area contributed by atoms with Crippen LogP contribution in [0.2, 0.25) is 5.02 Å². The Morgan fingerprint density at radius 1 is 1.11 bits per heavy atom. The number of halogens is 1. The van der Waals surface area contributed by atoms with Crippen LogP contribution in [0.1, 0.15) is 59.3 Å². The van der Waals surface area contributed by atoms with E-state index in [1.54, 1.807) is 11.1 Å². The van der Waals surface area contributed by atoms with E-state index >= 15 is 0 Å². The first kappa shape index (κ1) is 32.0. The van der Waals surface area contributed by atoms with Gasteiger partial charge in [0.2, 0.25) is 5.95 Å². The molecule has 10 nitrogen and oxygen atoms in total. The van der Waals surface area contributed by atoms with E-state index in [4.69, 9.17) is 21.3 Å². The summed E-state index contributed by atoms with van der Waals surface area (Å²) in [5.74, 6) is 1.34. The smallest absolute Gasteiger partial charge is 0.410 e. The number of fused-ring (bicyclic) bond motifs is 1. The molecule has 3 aliphatic rings. The average Bonchev–Trinajstić information content (AvgIpc) is 3.64. The molecular weight excluding hydrogens is 590 g/mol. The summed E-state index contributed by atoms with van der Waals surface area (Å²) in [6.45, 7) is 12.7. The molecule has 1 atom stereocenters. The van der Waals surface area contributed by atoms with Gasteiger partial charge in [0.05, 0.1) is 22.5 Å². The zero-order valence-electron chi connectivity index (χ0n) is 26.9. The van der Waals surface area contributed by atoms with Gasteiger partial charge in [0, 0.05) is 61.4 Å². The number of anilines is 1. The van der Waals surface area contributed by atoms with Crippen molar-refractivity contribution in [2.75, 3.05) is 57.7 Å². The predicted octanol–water partition coefficient (Wildman–Crippen LogP) is 5.63. The minimum absolute atomic E-state index is 0.278. The van der Waals surface area contributed by atoms with Crippen LogP contribution in [0.15, 0.2) is 36.7 Å². The van der Waals surface area contributed by atoms with Crippen LogP contribution in [0, 0.1) is 5.92 Å². The van der Waals surface area contributed by atoms with E-state index in [2.05, 4.69) is 37.2 Å². The van der Waals surface area contributed by atoms with Crippen LogP contribution in [0.25, 0.3) is 22.2 Å². The molecule has 3 N–H and O–H groups in total. The van der Waals surface area contributed by atoms with Gasteiger partial charge in [-0.15, -0.1) is 0 Å². The first-order valence-electron chi connectivity index (χ1n) is 16.5. The molecule has 1 unspecified atom stereocenters. The number of hydrogen-bond donors (Lipinski definition) is 3. The third-order valence-corrected chi connectivity index (χ3v) is 9.90. The predicted molar refractivity (Wildman–Crippen MR) is 179 cm³/mol. The fraction of sp³-hybridized carbons (Fsp3) is 0.618. The molecule has 11 heteroatoms. The summed E-state index contributed by atoms with van der Waals surface area (Å²) in [7, 11) is 0. The number of β-amino-alcohol motifs (C(OH)–C–C–N with tert-alkyl or cyclic N) is 1. The molecule has 0 spiro atoms. The maximum absolute atomic E-state index is 12.4. The highest BCUT2D eigenvalue weighted by Crippen LogP contribution is 2.33. The summed E-state index contributed by atoms with van der Waals surface area (Å²) in [6.07, 6.45) is 9.19. The number of aromatic amines is 1. The van der Waals surface area contributed by atoms with E-state index in [9.17, 15) is 9.90 Å². The number of piperidine rings is 2. The second-order valence-electron chi connectivity index (χ2n) is 14.3. The van der Waals surface area contributed by atoms with E-state index in [0.717, 1.165) is 67.2 Å². The van der Waals surface area contributed by atoms with Crippen LogP contribution in [0.3, 0.4) is 0 Å². The fourth-order valence-electron chi connectivity index (χ4n) is 7.03. The number of para-hydroxylation sites is 1. The Morgan fingerprint density at radius 3 is 2.60 bits per heavy atom. The number of carbonyl (C=O) groups excluding carboxylic acids is 1. The number of aromatic nitrogens is 3. The van der Waals surface area contributed by atoms with Crippen LogP contribution in [-0.2, 0) is 4.74 Å². The van der Waals surface area contributed by atoms with Crippen molar-refractivity contribution in [2.45, 2.75) is 76.5 Å². The number of H-pyrrole nitrogens is 1. The van der Waals surface area contributed by atoms with Crippen molar-refractivity contribution in [2.24, 2.45) is 5.92 Å². The minimum atomic E-state index is -0.729. The summed E-state index contributed by atoms with van der Waals surface area (Å²) in [5, 5.41) is 16.5. The molecule has 0 bridgehead atoms. The molecule has 244 valence electrons. The Kier molecular flexibility index (Phi) is 9.57. The topological polar surface area (TPSA) is 110 Å². The number of ether oxygens (including phenoxy) is 1. The molecule has 6 rings (SSSR count). The molecule has 45 heavy (non-hydrogen) atoms. The number of hydrogen-bond acceptors (Lipinski definition) is 8. The lowest BCUT2D eigenvalue weighted by atomic mass is 9.88. The highest BCUT2D eigenvalue weighted by molar-refractivity contribution is 6.33. The maximum Gasteiger partial charge on any atom is 0.410 e. The number of rotatable bonds is 8. The van der Waals surface area contributed by atoms with Crippen molar-refractivity contribution in [3.05, 3.63) is 41.7 Å². The Hall–Kier alpha value is -2.92. The Bertz CT molecular complexity index is 1460. The van der Waals surface area contributed by atoms with Crippen molar-refractivity contribution >= 4 is 34.5 Å². The first-order chi connectivity index (χ1) is 21.5. The Morgan fingerprint density at radius 2 is 1.84 bits per heavy atom. The van der Waals surface area contributed by atoms with E-state index in [-0.39, 0.29) is 6.09 Å². The second kappa shape index (κ2) is 13.4. The van der Waals surface area contributed by atoms with Crippen LogP contribution in [0.5, 0.6) is 0 Å². The van der Waals surface area contributed by atoms with Gasteiger partial charge < -0.3 is 34.8 Å². The van der Waals surface area contributed by atoms with E-state index in [1.807, 2.05) is 39.1 Å². The van der Waals surface area contributed by atoms with E-state index in [1.165, 1.54) is 19.3 Å². The average molecular weight is 638 g/mol. The number of carbonyl (C=O) groups is 1. The van der Waals surface area contributed by atoms with Gasteiger partial charge in [-0.25, -0.2) is 14.8 Å². The zero-order chi connectivity index (χ0) is 31.6. The van der Waals surface area contributed by atoms with Crippen molar-refractivity contribution in [1.29, 1.82) is 0 Å². The van der Waals surface area contributed by atoms with Crippen LogP contribution >= 0.6 is 11.6 Å². The molecule has 3 saturated heterocycles. The summed E-state index contributed by atoms with van der Waals surface area (Å²) in [6, 6.07) is 8.48. The van der Waals surface area contributed by atoms with Crippen LogP contribution in [0.4, 0.5) is 10.7 Å². The van der Waals surface area contributed by atoms with Crippen LogP contribution in [-0.4, -0.2) is 110 Å². The lowest BCUT2D eigenvalue weighted by Gasteiger charge is -2.42. The van der Waals surface area contributed by atoms with E-state index in [0.29, 0.717) is 49.5 Å². The molecule has 5 heterocycles. The molecule has 2 aromatic heterocycles. The number of nitrogens with one attached hydrogen (secondary N) is 2. The molecule has 1 amide bonds. The molecule has 0 radical (unpaired) electrons. The van der Waals surface area contributed by atoms with Gasteiger partial charge in [0.1, 0.15) is 5.60 Å². The van der Waals surface area contributed by atoms with Crippen molar-refractivity contribution in [3.8, 4) is 11.3 Å². The first-order valence-corrected chi connectivity index (χ1v) is 16.9. The zero-order valence-corrected chi connectivity index (χ0v) is 27.7. The monoisotopic (exact) mass is 637 g/mol. The van der Waals surface area contributed by atoms with Crippen molar-refractivity contribution < 1.29 is 14.6 Å². The number of benzene rings is 1. The van der Waals surface area contributed by atoms with Gasteiger partial charge in [0.15, 0.2) is 0 Å². The lowest BCUT2D eigenvalue weighted by Crippen LogP contribution is -2.53. The largest absolute Gasteiger partial charge is 0.444 e. The summed E-state index contributed by atoms with van der Waals surface area (Å²) < 4.78 is 5.51. The number of nitrogens with zero attached hydrogens (tertiary/aromatic N) is 5. The molecule has 3 aliphatic heterocycles. The van der Waals surface area contributed by atoms with Gasteiger partial charge in [-0.3, -0.25) is 0 Å². The number of likely N-dealkylation sites (tertiary alicyclic amines) is 3. The third-order valence-electron chi connectivity index (χ3n) is 9.62. The number of amides is 1. The maximum atomic E-state index is 12.4. The standard InChI is InChI=1S/C34H48ClN7O3/c1-33(2,3)45-32(43)42-18-12-34(44,13-19-42)23-41-15-9-24(10-16-41)8-14-40-17-11-25(22-40)38-31-37-21-28(35)30(39-31)27-20-36-29-7-5-4-6-26(27)29/h4-7,20-21,24-25,36,44H,8-19,22-23H2,1-3H3,(H,37,38,39). The molecule has 0 aliphatic carbocycles. The van der Waals surface area contributed by atoms with Crippen molar-refractivity contribution in [1.82, 2.24) is 29.7 Å². The summed E-state index contributed by atoms with van der Waals surface area (Å²) in [5.41, 5.74) is 1.55. The van der Waals surface area contributed by atoms with Gasteiger partial charge in [-0.1, -0.05) is 29.8 Å². The Labute approximate surface area is 271 Å². The summed E-state index contributed by atoms with van der Waals surface area (Å²) in [4.78, 5) is 31.7. The third kappa shape index (κ3) is 8.09.